The minimum absolute atomic E-state index is 0.0121. The highest BCUT2D eigenvalue weighted by molar-refractivity contribution is 7.13. The zero-order chi connectivity index (χ0) is 13.7. The van der Waals surface area contributed by atoms with Crippen molar-refractivity contribution in [1.29, 1.82) is 0 Å². The maximum atomic E-state index is 11.5. The Labute approximate surface area is 112 Å². The first kappa shape index (κ1) is 13.6. The highest BCUT2D eigenvalue weighted by Gasteiger charge is 2.10. The van der Waals surface area contributed by atoms with E-state index in [1.54, 1.807) is 0 Å². The fourth-order valence-electron chi connectivity index (χ4n) is 1.30. The zero-order valence-electron chi connectivity index (χ0n) is 9.93. The van der Waals surface area contributed by atoms with Crippen molar-refractivity contribution < 1.29 is 15.0 Å². The summed E-state index contributed by atoms with van der Waals surface area (Å²) < 4.78 is 0. The van der Waals surface area contributed by atoms with Gasteiger partial charge in [-0.1, -0.05) is 6.07 Å². The molecular formula is C10H13N5O3S. The molecule has 102 valence electrons. The zero-order valence-corrected chi connectivity index (χ0v) is 10.7. The Morgan fingerprint density at radius 2 is 2.42 bits per heavy atom. The van der Waals surface area contributed by atoms with Crippen LogP contribution < -0.4 is 5.32 Å². The Kier molecular flexibility index (Phi) is 4.55. The Hall–Kier alpha value is -1.84. The van der Waals surface area contributed by atoms with Gasteiger partial charge >= 0.3 is 0 Å². The number of nitrogens with one attached hydrogen (secondary N) is 1. The van der Waals surface area contributed by atoms with Crippen LogP contribution in [0.4, 0.5) is 0 Å². The van der Waals surface area contributed by atoms with E-state index < -0.39 is 12.7 Å². The van der Waals surface area contributed by atoms with Gasteiger partial charge in [-0.25, -0.2) is 0 Å². The van der Waals surface area contributed by atoms with Gasteiger partial charge in [0, 0.05) is 6.54 Å². The van der Waals surface area contributed by atoms with Gasteiger partial charge in [0.1, 0.15) is 6.54 Å². The molecule has 0 spiro atoms. The van der Waals surface area contributed by atoms with Crippen molar-refractivity contribution in [3.8, 4) is 10.7 Å². The smallest absolute Gasteiger partial charge is 0.243 e. The number of carbonyl (C=O) groups is 1. The van der Waals surface area contributed by atoms with Crippen LogP contribution in [-0.4, -0.2) is 55.6 Å². The van der Waals surface area contributed by atoms with Gasteiger partial charge in [-0.3, -0.25) is 4.79 Å². The van der Waals surface area contributed by atoms with Crippen molar-refractivity contribution in [1.82, 2.24) is 25.5 Å². The molecule has 3 N–H and O–H groups in total. The van der Waals surface area contributed by atoms with Crippen LogP contribution in [0.5, 0.6) is 0 Å². The number of nitrogens with zero attached hydrogens (tertiary/aromatic N) is 4. The molecule has 0 aliphatic carbocycles. The Morgan fingerprint density at radius 1 is 1.58 bits per heavy atom. The average molecular weight is 283 g/mol. The maximum Gasteiger partial charge on any atom is 0.243 e. The minimum atomic E-state index is -0.964. The van der Waals surface area contributed by atoms with Crippen LogP contribution in [0.25, 0.3) is 10.7 Å². The van der Waals surface area contributed by atoms with Gasteiger partial charge < -0.3 is 15.5 Å². The fraction of sp³-hybridized carbons (Fsp3) is 0.400. The first-order chi connectivity index (χ1) is 9.19. The number of hydrogen-bond acceptors (Lipinski definition) is 7. The predicted octanol–water partition coefficient (Wildman–Crippen LogP) is -1.13. The van der Waals surface area contributed by atoms with E-state index in [4.69, 9.17) is 10.2 Å². The summed E-state index contributed by atoms with van der Waals surface area (Å²) in [5, 5.41) is 33.7. The standard InChI is InChI=1S/C10H13N5O3S/c16-6-7(17)4-11-9(18)5-15-13-10(12-14-15)8-2-1-3-19-8/h1-3,7,16-17H,4-6H2,(H,11,18). The molecule has 0 saturated carbocycles. The SMILES string of the molecule is O=C(Cn1nnc(-c2cccs2)n1)NCC(O)CO. The van der Waals surface area contributed by atoms with Crippen LogP contribution in [0.2, 0.25) is 0 Å². The third-order valence-corrected chi connectivity index (χ3v) is 3.09. The molecule has 0 radical (unpaired) electrons. The summed E-state index contributed by atoms with van der Waals surface area (Å²) in [7, 11) is 0. The van der Waals surface area contributed by atoms with Crippen LogP contribution in [0.3, 0.4) is 0 Å². The lowest BCUT2D eigenvalue weighted by Crippen LogP contribution is -2.36. The largest absolute Gasteiger partial charge is 0.394 e. The average Bonchev–Trinajstić information content (AvgIpc) is 3.06. The molecule has 2 aromatic heterocycles. The second-order valence-corrected chi connectivity index (χ2v) is 4.71. The van der Waals surface area contributed by atoms with Gasteiger partial charge in [0.15, 0.2) is 0 Å². The van der Waals surface area contributed by atoms with Crippen LogP contribution in [-0.2, 0) is 11.3 Å². The maximum absolute atomic E-state index is 11.5. The van der Waals surface area contributed by atoms with Gasteiger partial charge in [-0.2, -0.15) is 4.80 Å². The first-order valence-corrected chi connectivity index (χ1v) is 6.44. The van der Waals surface area contributed by atoms with E-state index in [2.05, 4.69) is 20.7 Å². The van der Waals surface area contributed by atoms with Gasteiger partial charge in [-0.15, -0.1) is 21.5 Å². The number of thiophene rings is 1. The number of aliphatic hydroxyl groups excluding tert-OH is 2. The van der Waals surface area contributed by atoms with Crippen LogP contribution in [0, 0.1) is 0 Å². The molecule has 0 saturated heterocycles. The Morgan fingerprint density at radius 3 is 3.11 bits per heavy atom. The molecule has 0 fully saturated rings. The molecule has 0 aliphatic heterocycles. The molecule has 2 heterocycles. The molecule has 1 atom stereocenters. The first-order valence-electron chi connectivity index (χ1n) is 5.56. The summed E-state index contributed by atoms with van der Waals surface area (Å²) in [5.41, 5.74) is 0. The van der Waals surface area contributed by atoms with Crippen LogP contribution in [0.1, 0.15) is 0 Å². The molecule has 0 bridgehead atoms. The molecule has 2 rings (SSSR count). The van der Waals surface area contributed by atoms with Crippen molar-refractivity contribution in [2.45, 2.75) is 12.6 Å². The molecule has 1 amide bonds. The Bertz CT molecular complexity index is 527. The van der Waals surface area contributed by atoms with E-state index in [1.165, 1.54) is 16.1 Å². The highest BCUT2D eigenvalue weighted by atomic mass is 32.1. The molecule has 0 aromatic carbocycles. The Balaban J connectivity index is 1.88. The monoisotopic (exact) mass is 283 g/mol. The summed E-state index contributed by atoms with van der Waals surface area (Å²) in [6, 6.07) is 3.74. The number of rotatable bonds is 6. The van der Waals surface area contributed by atoms with E-state index in [9.17, 15) is 4.79 Å². The number of aromatic nitrogens is 4. The highest BCUT2D eigenvalue weighted by Crippen LogP contribution is 2.19. The van der Waals surface area contributed by atoms with Crippen molar-refractivity contribution >= 4 is 17.2 Å². The van der Waals surface area contributed by atoms with E-state index in [0.29, 0.717) is 5.82 Å². The lowest BCUT2D eigenvalue weighted by molar-refractivity contribution is -0.122. The number of hydrogen-bond donors (Lipinski definition) is 3. The second-order valence-electron chi connectivity index (χ2n) is 3.76. The van der Waals surface area contributed by atoms with Gasteiger partial charge in [0.05, 0.1) is 17.6 Å². The van der Waals surface area contributed by atoms with Gasteiger partial charge in [0.25, 0.3) is 0 Å². The number of tetrazole rings is 1. The number of carbonyl (C=O) groups excluding carboxylic acids is 1. The van der Waals surface area contributed by atoms with Crippen LogP contribution >= 0.6 is 11.3 Å². The van der Waals surface area contributed by atoms with Gasteiger partial charge in [0.2, 0.25) is 11.7 Å². The fourth-order valence-corrected chi connectivity index (χ4v) is 1.94. The predicted molar refractivity (Wildman–Crippen MR) is 67.2 cm³/mol. The quantitative estimate of drug-likeness (QED) is 0.618. The second kappa shape index (κ2) is 6.36. The summed E-state index contributed by atoms with van der Waals surface area (Å²) in [4.78, 5) is 13.6. The van der Waals surface area contributed by atoms with Crippen molar-refractivity contribution in [3.05, 3.63) is 17.5 Å². The van der Waals surface area contributed by atoms with Crippen molar-refractivity contribution in [3.63, 3.8) is 0 Å². The molecule has 9 heteroatoms. The van der Waals surface area contributed by atoms with Crippen molar-refractivity contribution in [2.75, 3.05) is 13.2 Å². The summed E-state index contributed by atoms with van der Waals surface area (Å²) in [6.45, 7) is -0.497. The topological polar surface area (TPSA) is 113 Å². The molecule has 19 heavy (non-hydrogen) atoms. The normalized spacial score (nSPS) is 12.3. The van der Waals surface area contributed by atoms with E-state index >= 15 is 0 Å². The molecular weight excluding hydrogens is 270 g/mol. The molecule has 2 aromatic rings. The summed E-state index contributed by atoms with van der Waals surface area (Å²) >= 11 is 1.49. The summed E-state index contributed by atoms with van der Waals surface area (Å²) in [6.07, 6.45) is -0.964. The van der Waals surface area contributed by atoms with E-state index in [0.717, 1.165) is 4.88 Å². The minimum Gasteiger partial charge on any atom is -0.394 e. The molecule has 8 nitrogen and oxygen atoms in total. The molecule has 1 unspecified atom stereocenters. The lowest BCUT2D eigenvalue weighted by atomic mass is 10.4. The molecule has 0 aliphatic rings. The van der Waals surface area contributed by atoms with Gasteiger partial charge in [-0.05, 0) is 16.7 Å². The lowest BCUT2D eigenvalue weighted by Gasteiger charge is -2.07. The van der Waals surface area contributed by atoms with Crippen LogP contribution in [0.15, 0.2) is 17.5 Å². The summed E-state index contributed by atoms with van der Waals surface area (Å²) in [5.74, 6) is 0.112. The van der Waals surface area contributed by atoms with E-state index in [1.807, 2.05) is 17.5 Å². The third kappa shape index (κ3) is 3.81. The number of aliphatic hydroxyl groups is 2. The third-order valence-electron chi connectivity index (χ3n) is 2.23. The number of amides is 1. The van der Waals surface area contributed by atoms with E-state index in [-0.39, 0.29) is 19.0 Å². The van der Waals surface area contributed by atoms with Crippen molar-refractivity contribution in [2.24, 2.45) is 0 Å².